The van der Waals surface area contributed by atoms with Crippen molar-refractivity contribution in [1.82, 2.24) is 10.4 Å². The second-order valence-electron chi connectivity index (χ2n) is 3.19. The van der Waals surface area contributed by atoms with E-state index in [-0.39, 0.29) is 6.04 Å². The maximum absolute atomic E-state index is 5.46. The van der Waals surface area contributed by atoms with Gasteiger partial charge in [0, 0.05) is 14.1 Å². The highest BCUT2D eigenvalue weighted by atomic mass is 16.3. The van der Waals surface area contributed by atoms with Crippen molar-refractivity contribution >= 4 is 0 Å². The Morgan fingerprint density at radius 1 is 1.42 bits per heavy atom. The third kappa shape index (κ3) is 2.36. The monoisotopic (exact) mass is 168 g/mol. The molecule has 1 aromatic rings. The summed E-state index contributed by atoms with van der Waals surface area (Å²) in [5, 5.41) is 1.92. The van der Waals surface area contributed by atoms with Crippen molar-refractivity contribution in [3.8, 4) is 0 Å². The molecule has 0 bridgehead atoms. The molecule has 0 radical (unpaired) electrons. The highest BCUT2D eigenvalue weighted by Crippen LogP contribution is 2.15. The van der Waals surface area contributed by atoms with Crippen LogP contribution in [0.25, 0.3) is 0 Å². The molecule has 1 unspecified atom stereocenters. The van der Waals surface area contributed by atoms with Crippen molar-refractivity contribution in [3.63, 3.8) is 0 Å². The Bertz CT molecular complexity index is 242. The molecule has 0 saturated heterocycles. The number of aryl methyl sites for hydroxylation is 1. The van der Waals surface area contributed by atoms with Crippen LogP contribution in [0, 0.1) is 6.92 Å². The Morgan fingerprint density at radius 2 is 2.08 bits per heavy atom. The Balaban J connectivity index is 2.58. The smallest absolute Gasteiger partial charge is 0.122 e. The minimum Gasteiger partial charge on any atom is -0.465 e. The molecule has 1 aromatic heterocycles. The summed E-state index contributed by atoms with van der Waals surface area (Å²) in [6.45, 7) is 4.02. The van der Waals surface area contributed by atoms with Gasteiger partial charge in [0.15, 0.2) is 0 Å². The maximum Gasteiger partial charge on any atom is 0.122 e. The number of nitrogens with zero attached hydrogens (tertiary/aromatic N) is 1. The van der Waals surface area contributed by atoms with Crippen LogP contribution in [0.15, 0.2) is 16.5 Å². The van der Waals surface area contributed by atoms with Crippen LogP contribution < -0.4 is 5.43 Å². The largest absolute Gasteiger partial charge is 0.465 e. The third-order valence-corrected chi connectivity index (χ3v) is 1.64. The van der Waals surface area contributed by atoms with E-state index in [9.17, 15) is 0 Å². The lowest BCUT2D eigenvalue weighted by Crippen LogP contribution is -2.32. The van der Waals surface area contributed by atoms with Crippen molar-refractivity contribution in [2.24, 2.45) is 0 Å². The van der Waals surface area contributed by atoms with E-state index >= 15 is 0 Å². The van der Waals surface area contributed by atoms with Crippen LogP contribution in [-0.2, 0) is 0 Å². The van der Waals surface area contributed by atoms with Gasteiger partial charge in [0.05, 0.1) is 6.04 Å². The number of furan rings is 1. The van der Waals surface area contributed by atoms with E-state index in [1.165, 1.54) is 0 Å². The molecule has 3 heteroatoms. The van der Waals surface area contributed by atoms with E-state index in [0.717, 1.165) is 11.5 Å². The zero-order valence-corrected chi connectivity index (χ0v) is 8.09. The lowest BCUT2D eigenvalue weighted by molar-refractivity contribution is 0.233. The molecule has 0 aliphatic carbocycles. The molecule has 1 N–H and O–H groups in total. The van der Waals surface area contributed by atoms with Crippen LogP contribution in [0.3, 0.4) is 0 Å². The van der Waals surface area contributed by atoms with Crippen LogP contribution in [0.1, 0.15) is 24.5 Å². The normalized spacial score (nSPS) is 13.8. The Morgan fingerprint density at radius 3 is 2.50 bits per heavy atom. The SMILES string of the molecule is Cc1ccc(C(C)NN(C)C)o1. The molecule has 1 heterocycles. The van der Waals surface area contributed by atoms with Gasteiger partial charge in [-0.25, -0.2) is 10.4 Å². The summed E-state index contributed by atoms with van der Waals surface area (Å²) in [7, 11) is 3.93. The van der Waals surface area contributed by atoms with Gasteiger partial charge >= 0.3 is 0 Å². The van der Waals surface area contributed by atoms with E-state index in [1.807, 2.05) is 38.2 Å². The first-order valence-electron chi connectivity index (χ1n) is 4.09. The Kier molecular flexibility index (Phi) is 2.89. The molecule has 0 aliphatic rings. The molecule has 1 atom stereocenters. The van der Waals surface area contributed by atoms with E-state index in [2.05, 4.69) is 12.3 Å². The van der Waals surface area contributed by atoms with Gasteiger partial charge in [-0.3, -0.25) is 0 Å². The van der Waals surface area contributed by atoms with Gasteiger partial charge in [0.25, 0.3) is 0 Å². The van der Waals surface area contributed by atoms with Crippen LogP contribution >= 0.6 is 0 Å². The van der Waals surface area contributed by atoms with Crippen molar-refractivity contribution < 1.29 is 4.42 Å². The second kappa shape index (κ2) is 3.74. The molecule has 0 aliphatic heterocycles. The highest BCUT2D eigenvalue weighted by Gasteiger charge is 2.08. The molecular weight excluding hydrogens is 152 g/mol. The molecule has 0 amide bonds. The summed E-state index contributed by atoms with van der Waals surface area (Å²) < 4.78 is 5.46. The summed E-state index contributed by atoms with van der Waals surface area (Å²) in [5.41, 5.74) is 3.21. The zero-order valence-electron chi connectivity index (χ0n) is 8.09. The lowest BCUT2D eigenvalue weighted by atomic mass is 10.3. The van der Waals surface area contributed by atoms with Gasteiger partial charge in [-0.15, -0.1) is 0 Å². The standard InChI is InChI=1S/C9H16N2O/c1-7-5-6-9(12-7)8(2)10-11(3)4/h5-6,8,10H,1-4H3. The predicted molar refractivity (Wildman–Crippen MR) is 48.7 cm³/mol. The van der Waals surface area contributed by atoms with Gasteiger partial charge in [-0.1, -0.05) is 0 Å². The summed E-state index contributed by atoms with van der Waals surface area (Å²) in [5.74, 6) is 1.93. The molecule has 0 fully saturated rings. The number of nitrogens with one attached hydrogen (secondary N) is 1. The Labute approximate surface area is 73.3 Å². The fourth-order valence-corrected chi connectivity index (χ4v) is 1.14. The topological polar surface area (TPSA) is 28.4 Å². The first kappa shape index (κ1) is 9.29. The van der Waals surface area contributed by atoms with Gasteiger partial charge in [-0.05, 0) is 26.0 Å². The van der Waals surface area contributed by atoms with Crippen molar-refractivity contribution in [1.29, 1.82) is 0 Å². The second-order valence-corrected chi connectivity index (χ2v) is 3.19. The fraction of sp³-hybridized carbons (Fsp3) is 0.556. The number of rotatable bonds is 3. The van der Waals surface area contributed by atoms with Crippen LogP contribution in [-0.4, -0.2) is 19.1 Å². The summed E-state index contributed by atoms with van der Waals surface area (Å²) in [4.78, 5) is 0. The minimum absolute atomic E-state index is 0.230. The molecule has 0 spiro atoms. The molecule has 1 rings (SSSR count). The van der Waals surface area contributed by atoms with E-state index < -0.39 is 0 Å². The number of hydrazine groups is 1. The summed E-state index contributed by atoms with van der Waals surface area (Å²) in [6.07, 6.45) is 0. The Hall–Kier alpha value is -0.800. The first-order valence-corrected chi connectivity index (χ1v) is 4.09. The van der Waals surface area contributed by atoms with E-state index in [0.29, 0.717) is 0 Å². The van der Waals surface area contributed by atoms with E-state index in [4.69, 9.17) is 4.42 Å². The first-order chi connectivity index (χ1) is 5.59. The average Bonchev–Trinajstić information content (AvgIpc) is 2.34. The molecule has 68 valence electrons. The average molecular weight is 168 g/mol. The quantitative estimate of drug-likeness (QED) is 0.696. The number of hydrogen-bond acceptors (Lipinski definition) is 3. The van der Waals surface area contributed by atoms with Crippen LogP contribution in [0.5, 0.6) is 0 Å². The van der Waals surface area contributed by atoms with Crippen LogP contribution in [0.4, 0.5) is 0 Å². The lowest BCUT2D eigenvalue weighted by Gasteiger charge is -2.17. The zero-order chi connectivity index (χ0) is 9.14. The third-order valence-electron chi connectivity index (χ3n) is 1.64. The van der Waals surface area contributed by atoms with Crippen molar-refractivity contribution in [2.45, 2.75) is 19.9 Å². The predicted octanol–water partition coefficient (Wildman–Crippen LogP) is 1.72. The maximum atomic E-state index is 5.46. The number of hydrogen-bond donors (Lipinski definition) is 1. The fourth-order valence-electron chi connectivity index (χ4n) is 1.14. The van der Waals surface area contributed by atoms with Gasteiger partial charge in [0.1, 0.15) is 11.5 Å². The molecule has 3 nitrogen and oxygen atoms in total. The van der Waals surface area contributed by atoms with Gasteiger partial charge in [-0.2, -0.15) is 0 Å². The van der Waals surface area contributed by atoms with Crippen molar-refractivity contribution in [3.05, 3.63) is 23.7 Å². The minimum atomic E-state index is 0.230. The molecular formula is C9H16N2O. The molecule has 0 aromatic carbocycles. The van der Waals surface area contributed by atoms with E-state index in [1.54, 1.807) is 0 Å². The summed E-state index contributed by atoms with van der Waals surface area (Å²) in [6, 6.07) is 4.20. The van der Waals surface area contributed by atoms with Gasteiger partial charge < -0.3 is 4.42 Å². The summed E-state index contributed by atoms with van der Waals surface area (Å²) >= 11 is 0. The van der Waals surface area contributed by atoms with Gasteiger partial charge in [0.2, 0.25) is 0 Å². The molecule has 0 saturated carbocycles. The van der Waals surface area contributed by atoms with Crippen LogP contribution in [0.2, 0.25) is 0 Å². The highest BCUT2D eigenvalue weighted by molar-refractivity contribution is 5.08. The van der Waals surface area contributed by atoms with Crippen molar-refractivity contribution in [2.75, 3.05) is 14.1 Å². The molecule has 12 heavy (non-hydrogen) atoms.